The molecule has 1 aromatic carbocycles. The first-order valence-electron chi connectivity index (χ1n) is 19.0. The second-order valence-corrected chi connectivity index (χ2v) is 16.3. The molecule has 5 N–H and O–H groups in total. The molecule has 4 fully saturated rings. The Labute approximate surface area is 306 Å². The molecule has 3 aliphatic heterocycles. The van der Waals surface area contributed by atoms with Crippen LogP contribution >= 0.6 is 11.6 Å². The van der Waals surface area contributed by atoms with Crippen molar-refractivity contribution in [2.75, 3.05) is 59.0 Å². The summed E-state index contributed by atoms with van der Waals surface area (Å²) in [5.41, 5.74) is 3.43. The Bertz CT molecular complexity index is 1390. The Balaban J connectivity index is 0.845. The van der Waals surface area contributed by atoms with E-state index in [9.17, 15) is 25.2 Å². The van der Waals surface area contributed by atoms with Crippen LogP contribution in [0.3, 0.4) is 0 Å². The summed E-state index contributed by atoms with van der Waals surface area (Å²) in [5, 5.41) is 48.8. The number of aliphatic hydroxyl groups is 5. The third-order valence-corrected chi connectivity index (χ3v) is 12.7. The summed E-state index contributed by atoms with van der Waals surface area (Å²) in [5.74, 6) is 0.668. The highest BCUT2D eigenvalue weighted by Gasteiger charge is 2.46. The van der Waals surface area contributed by atoms with E-state index in [2.05, 4.69) is 17.1 Å². The lowest BCUT2D eigenvalue weighted by Crippen LogP contribution is -2.63. The Kier molecular flexibility index (Phi) is 13.2. The van der Waals surface area contributed by atoms with E-state index in [0.29, 0.717) is 56.1 Å². The lowest BCUT2D eigenvalue weighted by molar-refractivity contribution is -0.141. The maximum absolute atomic E-state index is 15.0. The van der Waals surface area contributed by atoms with Gasteiger partial charge in [0, 0.05) is 44.8 Å². The minimum atomic E-state index is -1.64. The summed E-state index contributed by atoms with van der Waals surface area (Å²) in [7, 11) is 0. The van der Waals surface area contributed by atoms with E-state index < -0.39 is 36.8 Å². The SMILES string of the molecule is O=C(Cc1ccc(OCCCC2CCN(C3CC/C(=C4/CC=CC4Cl)C3)CC2)cc1F)N1CCC2(CC1)CN(C[C@H](O)[C@@H](O)[C@H](O)C(O)CO)C2. The molecule has 0 radical (unpaired) electrons. The van der Waals surface area contributed by atoms with Crippen LogP contribution in [-0.4, -0.2) is 141 Å². The van der Waals surface area contributed by atoms with Crippen molar-refractivity contribution >= 4 is 17.5 Å². The highest BCUT2D eigenvalue weighted by Crippen LogP contribution is 2.41. The smallest absolute Gasteiger partial charge is 0.227 e. The maximum Gasteiger partial charge on any atom is 0.227 e. The van der Waals surface area contributed by atoms with E-state index in [4.69, 9.17) is 21.4 Å². The third-order valence-electron chi connectivity index (χ3n) is 12.3. The number of likely N-dealkylation sites (tertiary alicyclic amines) is 3. The van der Waals surface area contributed by atoms with Gasteiger partial charge >= 0.3 is 0 Å². The number of aliphatic hydroxyl groups excluding tert-OH is 5. The predicted octanol–water partition coefficient (Wildman–Crippen LogP) is 3.02. The van der Waals surface area contributed by atoms with Gasteiger partial charge in [-0.2, -0.15) is 0 Å². The van der Waals surface area contributed by atoms with Crippen molar-refractivity contribution in [1.82, 2.24) is 14.7 Å². The summed E-state index contributed by atoms with van der Waals surface area (Å²) in [4.78, 5) is 19.5. The van der Waals surface area contributed by atoms with Crippen LogP contribution < -0.4 is 4.74 Å². The van der Waals surface area contributed by atoms with Gasteiger partial charge in [-0.15, -0.1) is 11.6 Å². The first-order valence-corrected chi connectivity index (χ1v) is 19.5. The minimum Gasteiger partial charge on any atom is -0.493 e. The molecule has 3 saturated heterocycles. The van der Waals surface area contributed by atoms with Crippen molar-refractivity contribution < 1.29 is 39.5 Å². The number of hydrogen-bond donors (Lipinski definition) is 5. The van der Waals surface area contributed by atoms with E-state index in [1.54, 1.807) is 22.6 Å². The topological polar surface area (TPSA) is 137 Å². The molecule has 6 rings (SSSR count). The molecule has 0 bridgehead atoms. The van der Waals surface area contributed by atoms with E-state index in [-0.39, 0.29) is 29.7 Å². The van der Waals surface area contributed by atoms with Crippen LogP contribution in [0.25, 0.3) is 0 Å². The molecule has 2 aliphatic carbocycles. The van der Waals surface area contributed by atoms with Crippen LogP contribution in [0.4, 0.5) is 4.39 Å². The minimum absolute atomic E-state index is 0.0000889. The number of alkyl halides is 1. The van der Waals surface area contributed by atoms with Crippen LogP contribution in [0.15, 0.2) is 41.5 Å². The zero-order chi connectivity index (χ0) is 36.1. The van der Waals surface area contributed by atoms with Crippen molar-refractivity contribution in [2.24, 2.45) is 11.3 Å². The third kappa shape index (κ3) is 9.54. The lowest BCUT2D eigenvalue weighted by atomic mass is 9.71. The molecular formula is C39H57ClFN3O7. The normalized spacial score (nSPS) is 28.2. The van der Waals surface area contributed by atoms with Crippen molar-refractivity contribution in [1.29, 1.82) is 0 Å². The fourth-order valence-electron chi connectivity index (χ4n) is 9.03. The van der Waals surface area contributed by atoms with Crippen molar-refractivity contribution in [3.05, 3.63) is 52.9 Å². The first kappa shape index (κ1) is 38.6. The number of piperidine rings is 2. The molecule has 6 atom stereocenters. The fourth-order valence-corrected chi connectivity index (χ4v) is 9.38. The molecule has 284 valence electrons. The summed E-state index contributed by atoms with van der Waals surface area (Å²) in [6, 6.07) is 5.47. The van der Waals surface area contributed by atoms with E-state index in [1.165, 1.54) is 43.7 Å². The van der Waals surface area contributed by atoms with Crippen LogP contribution in [0.2, 0.25) is 0 Å². The molecule has 1 amide bonds. The quantitative estimate of drug-likeness (QED) is 0.111. The molecule has 5 aliphatic rings. The number of ether oxygens (including phenoxy) is 1. The van der Waals surface area contributed by atoms with Gasteiger partial charge in [0.2, 0.25) is 5.91 Å². The molecule has 12 heteroatoms. The Morgan fingerprint density at radius 2 is 1.75 bits per heavy atom. The summed E-state index contributed by atoms with van der Waals surface area (Å²) >= 11 is 6.49. The number of carbonyl (C=O) groups is 1. The summed E-state index contributed by atoms with van der Waals surface area (Å²) < 4.78 is 20.9. The lowest BCUT2D eigenvalue weighted by Gasteiger charge is -2.54. The number of halogens is 2. The highest BCUT2D eigenvalue weighted by molar-refractivity contribution is 6.24. The van der Waals surface area contributed by atoms with Gasteiger partial charge in [0.1, 0.15) is 29.9 Å². The Hall–Kier alpha value is -2.09. The molecule has 1 spiro atoms. The van der Waals surface area contributed by atoms with Gasteiger partial charge in [-0.1, -0.05) is 23.8 Å². The average molecular weight is 734 g/mol. The monoisotopic (exact) mass is 733 g/mol. The second-order valence-electron chi connectivity index (χ2n) is 15.8. The predicted molar refractivity (Wildman–Crippen MR) is 193 cm³/mol. The standard InChI is InChI=1S/C39H57ClFN3O7/c40-32-5-1-4-31(32)27-6-8-29(19-27)43-14-10-26(11-15-43)3-2-18-51-30-9-7-28(33(41)21-30)20-36(48)44-16-12-39(13-17-44)24-42(25-39)22-34(46)37(49)38(50)35(47)23-45/h1,5,7,9,21,26,29,32,34-35,37-38,45-47,49-50H,2-4,6,8,10-20,22-25H2/b31-27+/t29?,32?,34-,35?,37+,38+/m0/s1. The van der Waals surface area contributed by atoms with Crippen LogP contribution in [0.5, 0.6) is 5.75 Å². The van der Waals surface area contributed by atoms with Crippen LogP contribution in [0.1, 0.15) is 69.8 Å². The van der Waals surface area contributed by atoms with E-state index >= 15 is 4.39 Å². The van der Waals surface area contributed by atoms with Crippen molar-refractivity contribution in [3.8, 4) is 5.75 Å². The zero-order valence-electron chi connectivity index (χ0n) is 29.7. The van der Waals surface area contributed by atoms with E-state index in [1.807, 2.05) is 4.90 Å². The van der Waals surface area contributed by atoms with Gasteiger partial charge in [0.15, 0.2) is 0 Å². The molecule has 10 nitrogen and oxygen atoms in total. The summed E-state index contributed by atoms with van der Waals surface area (Å²) in [6.07, 6.45) is 9.04. The fraction of sp³-hybridized carbons (Fsp3) is 0.718. The molecule has 1 saturated carbocycles. The average Bonchev–Trinajstić information content (AvgIpc) is 3.79. The van der Waals surface area contributed by atoms with Gasteiger partial charge in [0.25, 0.3) is 0 Å². The van der Waals surface area contributed by atoms with Gasteiger partial charge in [-0.3, -0.25) is 9.69 Å². The van der Waals surface area contributed by atoms with Gasteiger partial charge < -0.3 is 40.1 Å². The number of carbonyl (C=O) groups excluding carboxylic acids is 1. The number of amides is 1. The van der Waals surface area contributed by atoms with Crippen molar-refractivity contribution in [3.63, 3.8) is 0 Å². The molecule has 0 aromatic heterocycles. The number of rotatable bonds is 14. The maximum atomic E-state index is 15.0. The number of benzene rings is 1. The van der Waals surface area contributed by atoms with Crippen molar-refractivity contribution in [2.45, 2.75) is 106 Å². The number of allylic oxidation sites excluding steroid dienone is 3. The van der Waals surface area contributed by atoms with Gasteiger partial charge in [-0.25, -0.2) is 4.39 Å². The Morgan fingerprint density at radius 3 is 2.41 bits per heavy atom. The molecule has 3 heterocycles. The zero-order valence-corrected chi connectivity index (χ0v) is 30.5. The van der Waals surface area contributed by atoms with E-state index in [0.717, 1.165) is 45.2 Å². The Morgan fingerprint density at radius 1 is 1.02 bits per heavy atom. The molecular weight excluding hydrogens is 677 g/mol. The molecule has 3 unspecified atom stereocenters. The van der Waals surface area contributed by atoms with Gasteiger partial charge in [-0.05, 0) is 106 Å². The number of hydrogen-bond acceptors (Lipinski definition) is 9. The van der Waals surface area contributed by atoms with Crippen LogP contribution in [0, 0.1) is 17.2 Å². The highest BCUT2D eigenvalue weighted by atomic mass is 35.5. The summed E-state index contributed by atoms with van der Waals surface area (Å²) in [6.45, 7) is 4.83. The van der Waals surface area contributed by atoms with Gasteiger partial charge in [0.05, 0.1) is 31.1 Å². The second kappa shape index (κ2) is 17.4. The molecule has 1 aromatic rings. The molecule has 51 heavy (non-hydrogen) atoms. The van der Waals surface area contributed by atoms with Crippen LogP contribution in [-0.2, 0) is 11.2 Å². The number of β-amino-alcohol motifs (C(OH)–C–C–N with tert-alkyl or cyclic N) is 1. The number of nitrogens with zero attached hydrogens (tertiary/aromatic N) is 3. The first-order chi connectivity index (χ1) is 24.5. The largest absolute Gasteiger partial charge is 0.493 e.